The van der Waals surface area contributed by atoms with Gasteiger partial charge in [-0.3, -0.25) is 4.57 Å². The minimum absolute atomic E-state index is 0.207. The minimum Gasteiger partial charge on any atom is -0.467 e. The number of furan rings is 2. The molecule has 5 rings (SSSR count). The molecule has 0 aliphatic carbocycles. The molecule has 5 heterocycles. The van der Waals surface area contributed by atoms with E-state index in [9.17, 15) is 9.59 Å². The van der Waals surface area contributed by atoms with Crippen LogP contribution in [0.2, 0.25) is 0 Å². The summed E-state index contributed by atoms with van der Waals surface area (Å²) in [6.07, 6.45) is 5.35. The van der Waals surface area contributed by atoms with E-state index in [0.29, 0.717) is 28.7 Å². The summed E-state index contributed by atoms with van der Waals surface area (Å²) in [5, 5.41) is 15.1. The Kier molecular flexibility index (Phi) is 6.80. The molecule has 0 spiro atoms. The second-order valence-corrected chi connectivity index (χ2v) is 9.03. The molecule has 2 amide bonds. The molecule has 1 atom stereocenters. The van der Waals surface area contributed by atoms with Crippen molar-refractivity contribution in [3.63, 3.8) is 0 Å². The van der Waals surface area contributed by atoms with Gasteiger partial charge in [0.15, 0.2) is 5.16 Å². The van der Waals surface area contributed by atoms with Crippen LogP contribution in [-0.4, -0.2) is 52.2 Å². The lowest BCUT2D eigenvalue weighted by molar-refractivity contribution is -0.139. The number of aromatic nitrogens is 3. The number of urea groups is 1. The van der Waals surface area contributed by atoms with Gasteiger partial charge in [-0.15, -0.1) is 10.2 Å². The van der Waals surface area contributed by atoms with Crippen LogP contribution in [0.5, 0.6) is 0 Å². The van der Waals surface area contributed by atoms with Crippen molar-refractivity contribution in [1.29, 1.82) is 0 Å². The molecule has 2 aliphatic rings. The molecule has 184 valence electrons. The van der Waals surface area contributed by atoms with Crippen molar-refractivity contribution in [2.75, 3.05) is 30.3 Å². The predicted octanol–water partition coefficient (Wildman–Crippen LogP) is 3.08. The van der Waals surface area contributed by atoms with E-state index in [2.05, 4.69) is 25.7 Å². The number of hydrogen-bond donors (Lipinski definition) is 2. The zero-order valence-corrected chi connectivity index (χ0v) is 20.0. The average Bonchev–Trinajstić information content (AvgIpc) is 3.66. The molecule has 0 aromatic carbocycles. The van der Waals surface area contributed by atoms with Crippen molar-refractivity contribution in [2.24, 2.45) is 0 Å². The molecule has 12 heteroatoms. The summed E-state index contributed by atoms with van der Waals surface area (Å²) < 4.78 is 18.4. The number of esters is 1. The number of carbonyl (C=O) groups is 2. The first-order valence-electron chi connectivity index (χ1n) is 11.5. The second kappa shape index (κ2) is 10.3. The van der Waals surface area contributed by atoms with Crippen LogP contribution in [0.15, 0.2) is 62.1 Å². The minimum atomic E-state index is -0.755. The third-order valence-corrected chi connectivity index (χ3v) is 6.80. The summed E-state index contributed by atoms with van der Waals surface area (Å²) in [4.78, 5) is 27.6. The number of anilines is 1. The molecule has 1 saturated heterocycles. The van der Waals surface area contributed by atoms with Gasteiger partial charge in [0.2, 0.25) is 5.95 Å². The zero-order valence-electron chi connectivity index (χ0n) is 19.2. The first kappa shape index (κ1) is 23.1. The molecular weight excluding hydrogens is 472 g/mol. The van der Waals surface area contributed by atoms with Crippen LogP contribution in [0.1, 0.15) is 37.3 Å². The molecule has 1 fully saturated rings. The fourth-order valence-electron chi connectivity index (χ4n) is 4.22. The van der Waals surface area contributed by atoms with Gasteiger partial charge in [0, 0.05) is 24.5 Å². The summed E-state index contributed by atoms with van der Waals surface area (Å²) in [5.41, 5.74) is 0.736. The van der Waals surface area contributed by atoms with Crippen molar-refractivity contribution in [2.45, 2.75) is 37.5 Å². The van der Waals surface area contributed by atoms with E-state index in [1.807, 2.05) is 16.7 Å². The molecule has 0 radical (unpaired) electrons. The van der Waals surface area contributed by atoms with Crippen LogP contribution in [0, 0.1) is 0 Å². The third-order valence-electron chi connectivity index (χ3n) is 5.80. The maximum absolute atomic E-state index is 12.9. The van der Waals surface area contributed by atoms with Crippen molar-refractivity contribution in [1.82, 2.24) is 25.4 Å². The maximum Gasteiger partial charge on any atom is 0.338 e. The Morgan fingerprint density at radius 3 is 2.71 bits per heavy atom. The molecule has 3 aromatic rings. The molecular formula is C23H26N6O5S. The number of carbonyl (C=O) groups excluding carboxylic acids is 2. The molecule has 1 unspecified atom stereocenters. The van der Waals surface area contributed by atoms with E-state index in [-0.39, 0.29) is 12.4 Å². The fraction of sp³-hybridized carbons (Fsp3) is 0.391. The number of amides is 2. The summed E-state index contributed by atoms with van der Waals surface area (Å²) in [5.74, 6) is 1.76. The Hall–Kier alpha value is -3.67. The van der Waals surface area contributed by atoms with Gasteiger partial charge in [-0.25, -0.2) is 9.59 Å². The van der Waals surface area contributed by atoms with E-state index in [0.717, 1.165) is 37.6 Å². The van der Waals surface area contributed by atoms with E-state index >= 15 is 0 Å². The summed E-state index contributed by atoms with van der Waals surface area (Å²) >= 11 is 1.38. The smallest absolute Gasteiger partial charge is 0.338 e. The topological polar surface area (TPSA) is 128 Å². The van der Waals surface area contributed by atoms with Gasteiger partial charge in [-0.1, -0.05) is 11.8 Å². The van der Waals surface area contributed by atoms with Crippen LogP contribution in [0.3, 0.4) is 0 Å². The fourth-order valence-corrected chi connectivity index (χ4v) is 5.12. The first-order valence-corrected chi connectivity index (χ1v) is 12.5. The van der Waals surface area contributed by atoms with E-state index in [4.69, 9.17) is 13.6 Å². The van der Waals surface area contributed by atoms with Crippen molar-refractivity contribution >= 4 is 29.7 Å². The molecule has 35 heavy (non-hydrogen) atoms. The number of nitrogens with zero attached hydrogens (tertiary/aromatic N) is 4. The number of nitrogens with one attached hydrogen (secondary N) is 2. The highest BCUT2D eigenvalue weighted by atomic mass is 32.2. The number of ether oxygens (including phenoxy) is 1. The summed E-state index contributed by atoms with van der Waals surface area (Å²) in [6, 6.07) is 5.99. The largest absolute Gasteiger partial charge is 0.467 e. The molecule has 0 bridgehead atoms. The van der Waals surface area contributed by atoms with Gasteiger partial charge >= 0.3 is 12.0 Å². The summed E-state index contributed by atoms with van der Waals surface area (Å²) in [7, 11) is 0. The van der Waals surface area contributed by atoms with Crippen molar-refractivity contribution in [3.8, 4) is 0 Å². The average molecular weight is 499 g/mol. The number of hydrogen-bond acceptors (Lipinski definition) is 9. The van der Waals surface area contributed by atoms with E-state index in [1.165, 1.54) is 18.0 Å². The Morgan fingerprint density at radius 2 is 2.00 bits per heavy atom. The standard InChI is InChI=1S/C23H26N6O5S/c1-2-32-20(30)18-16(24-21(31)25-19(18)17-8-6-12-34-17)14-35-23-27-26-22(28-9-3-4-10-28)29(23)13-15-7-5-11-33-15/h5-8,11-12,19H,2-4,9-10,13-14H2,1H3,(H2,24,25,31). The molecule has 0 saturated carbocycles. The van der Waals surface area contributed by atoms with Gasteiger partial charge < -0.3 is 29.1 Å². The van der Waals surface area contributed by atoms with Crippen LogP contribution in [0.4, 0.5) is 10.7 Å². The zero-order chi connectivity index (χ0) is 24.2. The number of rotatable bonds is 9. The molecule has 3 aromatic heterocycles. The van der Waals surface area contributed by atoms with Gasteiger partial charge in [-0.2, -0.15) is 0 Å². The third kappa shape index (κ3) is 4.92. The predicted molar refractivity (Wildman–Crippen MR) is 127 cm³/mol. The van der Waals surface area contributed by atoms with Gasteiger partial charge in [0.1, 0.15) is 17.6 Å². The lowest BCUT2D eigenvalue weighted by Crippen LogP contribution is -2.46. The SMILES string of the molecule is CCOC(=O)C1=C(CSc2nnc(N3CCCC3)n2Cc2ccco2)NC(=O)NC1c1ccco1. The Balaban J connectivity index is 1.46. The van der Waals surface area contributed by atoms with Crippen LogP contribution < -0.4 is 15.5 Å². The van der Waals surface area contributed by atoms with Gasteiger partial charge in [0.05, 0.1) is 31.3 Å². The lowest BCUT2D eigenvalue weighted by atomic mass is 10.0. The normalized spacial score (nSPS) is 18.0. The van der Waals surface area contributed by atoms with Crippen LogP contribution in [-0.2, 0) is 16.1 Å². The van der Waals surface area contributed by atoms with E-state index < -0.39 is 18.0 Å². The van der Waals surface area contributed by atoms with Crippen molar-refractivity contribution < 1.29 is 23.2 Å². The molecule has 2 N–H and O–H groups in total. The van der Waals surface area contributed by atoms with Gasteiger partial charge in [-0.05, 0) is 44.0 Å². The number of thioether (sulfide) groups is 1. The van der Waals surface area contributed by atoms with Gasteiger partial charge in [0.25, 0.3) is 0 Å². The highest BCUT2D eigenvalue weighted by Gasteiger charge is 2.35. The second-order valence-electron chi connectivity index (χ2n) is 8.09. The van der Waals surface area contributed by atoms with Crippen molar-refractivity contribution in [3.05, 3.63) is 59.6 Å². The Bertz CT molecular complexity index is 1200. The maximum atomic E-state index is 12.9. The first-order chi connectivity index (χ1) is 17.1. The van der Waals surface area contributed by atoms with Crippen LogP contribution >= 0.6 is 11.8 Å². The highest BCUT2D eigenvalue weighted by molar-refractivity contribution is 7.99. The quantitative estimate of drug-likeness (QED) is 0.338. The monoisotopic (exact) mass is 498 g/mol. The summed E-state index contributed by atoms with van der Waals surface area (Å²) in [6.45, 7) is 4.26. The molecule has 2 aliphatic heterocycles. The van der Waals surface area contributed by atoms with E-state index in [1.54, 1.807) is 25.3 Å². The Labute approximate surface area is 205 Å². The Morgan fingerprint density at radius 1 is 1.20 bits per heavy atom. The molecule has 11 nitrogen and oxygen atoms in total. The highest BCUT2D eigenvalue weighted by Crippen LogP contribution is 2.32. The van der Waals surface area contributed by atoms with Crippen LogP contribution in [0.25, 0.3) is 0 Å². The lowest BCUT2D eigenvalue weighted by Gasteiger charge is -2.27.